The molecule has 35 heavy (non-hydrogen) atoms. The summed E-state index contributed by atoms with van der Waals surface area (Å²) in [5.74, 6) is -1.04. The molecule has 3 heteroatoms. The molecule has 184 valence electrons. The third-order valence-electron chi connectivity index (χ3n) is 7.27. The molecule has 0 saturated heterocycles. The predicted octanol–water partition coefficient (Wildman–Crippen LogP) is 10.2. The van der Waals surface area contributed by atoms with Crippen LogP contribution in [0, 0.1) is 23.4 Å². The number of hydrogen-bond acceptors (Lipinski definition) is 0. The van der Waals surface area contributed by atoms with Crippen LogP contribution in [0.3, 0.4) is 0 Å². The molecule has 4 rings (SSSR count). The van der Waals surface area contributed by atoms with E-state index in [0.717, 1.165) is 61.1 Å². The Morgan fingerprint density at radius 1 is 0.743 bits per heavy atom. The summed E-state index contributed by atoms with van der Waals surface area (Å²) in [4.78, 5) is 0. The second kappa shape index (κ2) is 11.7. The number of halogens is 3. The molecule has 0 spiro atoms. The molecule has 0 bridgehead atoms. The summed E-state index contributed by atoms with van der Waals surface area (Å²) < 4.78 is 44.4. The summed E-state index contributed by atoms with van der Waals surface area (Å²) in [6.45, 7) is 4.30. The van der Waals surface area contributed by atoms with Crippen molar-refractivity contribution in [3.63, 3.8) is 0 Å². The Labute approximate surface area is 207 Å². The van der Waals surface area contributed by atoms with E-state index in [-0.39, 0.29) is 11.4 Å². The van der Waals surface area contributed by atoms with Gasteiger partial charge in [0.05, 0.1) is 0 Å². The monoisotopic (exact) mass is 476 g/mol. The fraction of sp³-hybridized carbons (Fsp3) is 0.375. The minimum absolute atomic E-state index is 0.210. The molecule has 0 aromatic heterocycles. The average molecular weight is 477 g/mol. The van der Waals surface area contributed by atoms with E-state index >= 15 is 4.39 Å². The molecule has 0 saturated carbocycles. The van der Waals surface area contributed by atoms with Gasteiger partial charge in [0.25, 0.3) is 0 Å². The van der Waals surface area contributed by atoms with E-state index < -0.39 is 11.6 Å². The highest BCUT2D eigenvalue weighted by molar-refractivity contribution is 5.74. The van der Waals surface area contributed by atoms with E-state index in [0.29, 0.717) is 23.1 Å². The Morgan fingerprint density at radius 3 is 2.11 bits per heavy atom. The van der Waals surface area contributed by atoms with Gasteiger partial charge in [-0.05, 0) is 71.9 Å². The highest BCUT2D eigenvalue weighted by Crippen LogP contribution is 2.35. The van der Waals surface area contributed by atoms with Gasteiger partial charge in [-0.25, -0.2) is 13.2 Å². The van der Waals surface area contributed by atoms with Crippen molar-refractivity contribution < 1.29 is 13.2 Å². The lowest BCUT2D eigenvalue weighted by atomic mass is 9.84. The maximum Gasteiger partial charge on any atom is 0.166 e. The molecule has 0 nitrogen and oxygen atoms in total. The van der Waals surface area contributed by atoms with Crippen LogP contribution in [0.4, 0.5) is 13.2 Å². The molecule has 0 N–H and O–H groups in total. The van der Waals surface area contributed by atoms with Crippen LogP contribution in [0.5, 0.6) is 0 Å². The second-order valence-corrected chi connectivity index (χ2v) is 9.79. The van der Waals surface area contributed by atoms with Crippen LogP contribution in [-0.2, 0) is 6.42 Å². The van der Waals surface area contributed by atoms with Gasteiger partial charge in [0.15, 0.2) is 11.6 Å². The lowest BCUT2D eigenvalue weighted by Gasteiger charge is -2.22. The molecule has 1 aliphatic carbocycles. The quantitative estimate of drug-likeness (QED) is 0.269. The number of hydrogen-bond donors (Lipinski definition) is 0. The molecular weight excluding hydrogens is 441 g/mol. The minimum atomic E-state index is -0.802. The number of benzene rings is 3. The first-order valence-electron chi connectivity index (χ1n) is 13.1. The number of allylic oxidation sites excluding steroid dienone is 2. The standard InChI is InChI=1S/C32H35F3/c1-3-5-6-8-26-17-20-29(32(35)31(26)34)25-15-13-23(14-16-25)27-18-19-28(30(33)21-27)24-11-9-22(7-4-2)10-12-24/h11,13-22H,3-10,12H2,1-2H3. The summed E-state index contributed by atoms with van der Waals surface area (Å²) >= 11 is 0. The lowest BCUT2D eigenvalue weighted by Crippen LogP contribution is -2.05. The fourth-order valence-electron chi connectivity index (χ4n) is 5.17. The molecule has 1 aliphatic rings. The molecule has 0 heterocycles. The van der Waals surface area contributed by atoms with Crippen molar-refractivity contribution in [2.24, 2.45) is 5.92 Å². The van der Waals surface area contributed by atoms with Gasteiger partial charge in [-0.15, -0.1) is 0 Å². The van der Waals surface area contributed by atoms with Gasteiger partial charge in [-0.2, -0.15) is 0 Å². The number of unbranched alkanes of at least 4 members (excludes halogenated alkanes) is 2. The Morgan fingerprint density at radius 2 is 1.46 bits per heavy atom. The van der Waals surface area contributed by atoms with Crippen molar-refractivity contribution in [1.82, 2.24) is 0 Å². The van der Waals surface area contributed by atoms with Crippen LogP contribution in [0.1, 0.15) is 76.3 Å². The normalized spacial score (nSPS) is 15.8. The summed E-state index contributed by atoms with van der Waals surface area (Å²) in [6.07, 6.45) is 11.2. The van der Waals surface area contributed by atoms with Crippen LogP contribution < -0.4 is 0 Å². The zero-order valence-electron chi connectivity index (χ0n) is 20.8. The van der Waals surface area contributed by atoms with E-state index in [9.17, 15) is 8.78 Å². The van der Waals surface area contributed by atoms with Crippen molar-refractivity contribution >= 4 is 5.57 Å². The van der Waals surface area contributed by atoms with E-state index in [2.05, 4.69) is 19.9 Å². The van der Waals surface area contributed by atoms with Crippen molar-refractivity contribution in [3.8, 4) is 22.3 Å². The van der Waals surface area contributed by atoms with E-state index in [1.807, 2.05) is 24.3 Å². The topological polar surface area (TPSA) is 0 Å². The summed E-state index contributed by atoms with van der Waals surface area (Å²) in [5, 5.41) is 0. The maximum absolute atomic E-state index is 15.0. The van der Waals surface area contributed by atoms with Crippen LogP contribution in [0.15, 0.2) is 60.7 Å². The summed E-state index contributed by atoms with van der Waals surface area (Å²) in [6, 6.07) is 16.0. The molecule has 0 fully saturated rings. The van der Waals surface area contributed by atoms with Gasteiger partial charge in [0, 0.05) is 11.1 Å². The van der Waals surface area contributed by atoms with E-state index in [1.54, 1.807) is 30.3 Å². The average Bonchev–Trinajstić information content (AvgIpc) is 2.88. The number of rotatable bonds is 9. The van der Waals surface area contributed by atoms with E-state index in [1.165, 1.54) is 12.8 Å². The fourth-order valence-corrected chi connectivity index (χ4v) is 5.17. The zero-order valence-corrected chi connectivity index (χ0v) is 20.8. The van der Waals surface area contributed by atoms with Gasteiger partial charge in [-0.3, -0.25) is 0 Å². The first kappa shape index (κ1) is 25.3. The highest BCUT2D eigenvalue weighted by atomic mass is 19.2. The Kier molecular flexibility index (Phi) is 8.49. The van der Waals surface area contributed by atoms with Gasteiger partial charge in [0.1, 0.15) is 5.82 Å². The molecule has 3 aromatic rings. The SMILES string of the molecule is CCCCCc1ccc(-c2ccc(-c3ccc(C4=CCC(CCC)CC4)c(F)c3)cc2)c(F)c1F. The first-order chi connectivity index (χ1) is 17.0. The van der Waals surface area contributed by atoms with Crippen molar-refractivity contribution in [2.45, 2.75) is 71.6 Å². The van der Waals surface area contributed by atoms with Gasteiger partial charge < -0.3 is 0 Å². The molecule has 0 aliphatic heterocycles. The van der Waals surface area contributed by atoms with Crippen molar-refractivity contribution in [2.75, 3.05) is 0 Å². The second-order valence-electron chi connectivity index (χ2n) is 9.79. The van der Waals surface area contributed by atoms with Crippen LogP contribution in [0.2, 0.25) is 0 Å². The largest absolute Gasteiger partial charge is 0.206 e. The van der Waals surface area contributed by atoms with Crippen molar-refractivity contribution in [1.29, 1.82) is 0 Å². The van der Waals surface area contributed by atoms with Crippen molar-refractivity contribution in [3.05, 3.63) is 89.3 Å². The maximum atomic E-state index is 15.0. The Balaban J connectivity index is 1.50. The highest BCUT2D eigenvalue weighted by Gasteiger charge is 2.18. The Hall–Kier alpha value is -2.81. The smallest absolute Gasteiger partial charge is 0.166 e. The third-order valence-corrected chi connectivity index (χ3v) is 7.27. The Bertz CT molecular complexity index is 1170. The van der Waals surface area contributed by atoms with Gasteiger partial charge in [0.2, 0.25) is 0 Å². The van der Waals surface area contributed by atoms with Gasteiger partial charge in [-0.1, -0.05) is 94.1 Å². The lowest BCUT2D eigenvalue weighted by molar-refractivity contribution is 0.444. The first-order valence-corrected chi connectivity index (χ1v) is 13.1. The third kappa shape index (κ3) is 5.89. The molecule has 1 unspecified atom stereocenters. The predicted molar refractivity (Wildman–Crippen MR) is 141 cm³/mol. The summed E-state index contributed by atoms with van der Waals surface area (Å²) in [7, 11) is 0. The molecular formula is C32H35F3. The molecule has 1 atom stereocenters. The minimum Gasteiger partial charge on any atom is -0.206 e. The van der Waals surface area contributed by atoms with Crippen LogP contribution in [0.25, 0.3) is 27.8 Å². The van der Waals surface area contributed by atoms with Crippen LogP contribution >= 0.6 is 0 Å². The summed E-state index contributed by atoms with van der Waals surface area (Å²) in [5.41, 5.74) is 4.70. The zero-order chi connectivity index (χ0) is 24.8. The van der Waals surface area contributed by atoms with Crippen LogP contribution in [-0.4, -0.2) is 0 Å². The molecule has 3 aromatic carbocycles. The number of aryl methyl sites for hydroxylation is 1. The van der Waals surface area contributed by atoms with Gasteiger partial charge >= 0.3 is 0 Å². The van der Waals surface area contributed by atoms with E-state index in [4.69, 9.17) is 0 Å². The molecule has 0 amide bonds. The molecule has 0 radical (unpaired) electrons.